The van der Waals surface area contributed by atoms with Crippen LogP contribution in [0.2, 0.25) is 10.2 Å². The number of amides is 1. The molecule has 0 aliphatic heterocycles. The van der Waals surface area contributed by atoms with E-state index in [9.17, 15) is 9.18 Å². The second-order valence-electron chi connectivity index (χ2n) is 5.77. The predicted octanol–water partition coefficient (Wildman–Crippen LogP) is 4.60. The standard InChI is InChI=1S/C19H16Cl2FN3O/c1-12-17(18(21)25(24-12)16-8-6-15(22)7-9-16)19(26)23-11-10-13-2-4-14(20)5-3-13/h2-9H,10-11H2,1H3,(H,23,26). The van der Waals surface area contributed by atoms with Gasteiger partial charge in [0, 0.05) is 11.6 Å². The summed E-state index contributed by atoms with van der Waals surface area (Å²) in [6, 6.07) is 13.2. The summed E-state index contributed by atoms with van der Waals surface area (Å²) < 4.78 is 14.5. The fourth-order valence-electron chi connectivity index (χ4n) is 2.57. The van der Waals surface area contributed by atoms with Gasteiger partial charge in [-0.15, -0.1) is 0 Å². The average molecular weight is 392 g/mol. The first-order valence-electron chi connectivity index (χ1n) is 7.99. The maximum atomic E-state index is 13.1. The lowest BCUT2D eigenvalue weighted by atomic mass is 10.1. The molecule has 3 aromatic rings. The fraction of sp³-hybridized carbons (Fsp3) is 0.158. The van der Waals surface area contributed by atoms with Crippen molar-refractivity contribution < 1.29 is 9.18 Å². The molecule has 1 amide bonds. The van der Waals surface area contributed by atoms with Crippen LogP contribution in [0.25, 0.3) is 5.69 Å². The first kappa shape index (κ1) is 18.4. The molecule has 0 bridgehead atoms. The lowest BCUT2D eigenvalue weighted by Crippen LogP contribution is -2.26. The van der Waals surface area contributed by atoms with Crippen molar-refractivity contribution in [3.63, 3.8) is 0 Å². The van der Waals surface area contributed by atoms with Gasteiger partial charge in [-0.3, -0.25) is 4.79 Å². The van der Waals surface area contributed by atoms with E-state index in [0.29, 0.717) is 34.9 Å². The quantitative estimate of drug-likeness (QED) is 0.690. The number of hydrogen-bond donors (Lipinski definition) is 1. The zero-order chi connectivity index (χ0) is 18.7. The van der Waals surface area contributed by atoms with Crippen LogP contribution in [0.4, 0.5) is 4.39 Å². The second kappa shape index (κ2) is 7.89. The van der Waals surface area contributed by atoms with Crippen molar-refractivity contribution in [3.8, 4) is 5.69 Å². The van der Waals surface area contributed by atoms with Crippen molar-refractivity contribution in [2.24, 2.45) is 0 Å². The number of carbonyl (C=O) groups excluding carboxylic acids is 1. The number of halogens is 3. The molecule has 1 heterocycles. The number of aryl methyl sites for hydroxylation is 1. The van der Waals surface area contributed by atoms with Crippen LogP contribution in [0, 0.1) is 12.7 Å². The summed E-state index contributed by atoms with van der Waals surface area (Å²) in [7, 11) is 0. The van der Waals surface area contributed by atoms with Crippen LogP contribution < -0.4 is 5.32 Å². The molecule has 0 saturated heterocycles. The number of rotatable bonds is 5. The Morgan fingerprint density at radius 1 is 1.12 bits per heavy atom. The third kappa shape index (κ3) is 4.06. The molecule has 134 valence electrons. The maximum absolute atomic E-state index is 13.1. The number of nitrogens with zero attached hydrogens (tertiary/aromatic N) is 2. The summed E-state index contributed by atoms with van der Waals surface area (Å²) in [4.78, 5) is 12.5. The van der Waals surface area contributed by atoms with Crippen molar-refractivity contribution in [2.45, 2.75) is 13.3 Å². The van der Waals surface area contributed by atoms with E-state index in [0.717, 1.165) is 5.56 Å². The molecule has 2 aromatic carbocycles. The highest BCUT2D eigenvalue weighted by atomic mass is 35.5. The van der Waals surface area contributed by atoms with Gasteiger partial charge in [0.1, 0.15) is 11.0 Å². The molecule has 0 aliphatic carbocycles. The minimum atomic E-state index is -0.353. The Kier molecular flexibility index (Phi) is 5.59. The Morgan fingerprint density at radius 2 is 1.77 bits per heavy atom. The number of benzene rings is 2. The van der Waals surface area contributed by atoms with Crippen molar-refractivity contribution >= 4 is 29.1 Å². The Morgan fingerprint density at radius 3 is 2.42 bits per heavy atom. The van der Waals surface area contributed by atoms with Gasteiger partial charge in [0.2, 0.25) is 0 Å². The molecular formula is C19H16Cl2FN3O. The Hall–Kier alpha value is -2.37. The number of carbonyl (C=O) groups is 1. The van der Waals surface area contributed by atoms with Gasteiger partial charge in [-0.25, -0.2) is 9.07 Å². The lowest BCUT2D eigenvalue weighted by molar-refractivity contribution is 0.0953. The summed E-state index contributed by atoms with van der Waals surface area (Å²) in [6.45, 7) is 2.16. The van der Waals surface area contributed by atoms with Crippen LogP contribution in [0.1, 0.15) is 21.6 Å². The Balaban J connectivity index is 1.71. The van der Waals surface area contributed by atoms with E-state index in [1.165, 1.54) is 16.8 Å². The molecule has 1 N–H and O–H groups in total. The molecule has 0 spiro atoms. The zero-order valence-electron chi connectivity index (χ0n) is 14.0. The molecule has 4 nitrogen and oxygen atoms in total. The minimum Gasteiger partial charge on any atom is -0.352 e. The summed E-state index contributed by atoms with van der Waals surface area (Å²) >= 11 is 12.2. The van der Waals surface area contributed by atoms with Gasteiger partial charge in [-0.2, -0.15) is 5.10 Å². The summed E-state index contributed by atoms with van der Waals surface area (Å²) in [5.74, 6) is -0.649. The maximum Gasteiger partial charge on any atom is 0.256 e. The normalized spacial score (nSPS) is 10.8. The minimum absolute atomic E-state index is 0.193. The van der Waals surface area contributed by atoms with E-state index in [1.54, 1.807) is 19.1 Å². The summed E-state index contributed by atoms with van der Waals surface area (Å²) in [5, 5.41) is 8.01. The van der Waals surface area contributed by atoms with Crippen molar-refractivity contribution in [3.05, 3.63) is 81.3 Å². The van der Waals surface area contributed by atoms with Crippen LogP contribution in [0.15, 0.2) is 48.5 Å². The van der Waals surface area contributed by atoms with Crippen LogP contribution in [-0.2, 0) is 6.42 Å². The number of aromatic nitrogens is 2. The second-order valence-corrected chi connectivity index (χ2v) is 6.57. The van der Waals surface area contributed by atoms with Gasteiger partial charge in [0.25, 0.3) is 5.91 Å². The largest absolute Gasteiger partial charge is 0.352 e. The molecule has 26 heavy (non-hydrogen) atoms. The molecule has 0 fully saturated rings. The van der Waals surface area contributed by atoms with Gasteiger partial charge in [-0.05, 0) is 55.3 Å². The predicted molar refractivity (Wildman–Crippen MR) is 101 cm³/mol. The van der Waals surface area contributed by atoms with Crippen LogP contribution in [-0.4, -0.2) is 22.2 Å². The zero-order valence-corrected chi connectivity index (χ0v) is 15.5. The van der Waals surface area contributed by atoms with Gasteiger partial charge in [-0.1, -0.05) is 35.3 Å². The molecule has 7 heteroatoms. The van der Waals surface area contributed by atoms with Crippen LogP contribution >= 0.6 is 23.2 Å². The summed E-state index contributed by atoms with van der Waals surface area (Å²) in [5.41, 5.74) is 2.47. The van der Waals surface area contributed by atoms with Crippen LogP contribution in [0.5, 0.6) is 0 Å². The third-order valence-electron chi connectivity index (χ3n) is 3.91. The third-order valence-corrected chi connectivity index (χ3v) is 4.52. The fourth-order valence-corrected chi connectivity index (χ4v) is 3.05. The van der Waals surface area contributed by atoms with E-state index in [1.807, 2.05) is 24.3 Å². The number of nitrogens with one attached hydrogen (secondary N) is 1. The van der Waals surface area contributed by atoms with E-state index in [2.05, 4.69) is 10.4 Å². The summed E-state index contributed by atoms with van der Waals surface area (Å²) in [6.07, 6.45) is 0.672. The van der Waals surface area contributed by atoms with Gasteiger partial charge >= 0.3 is 0 Å². The van der Waals surface area contributed by atoms with E-state index in [-0.39, 0.29) is 16.9 Å². The topological polar surface area (TPSA) is 46.9 Å². The lowest BCUT2D eigenvalue weighted by Gasteiger charge is -2.06. The number of hydrogen-bond acceptors (Lipinski definition) is 2. The molecule has 0 saturated carbocycles. The van der Waals surface area contributed by atoms with Gasteiger partial charge in [0.15, 0.2) is 0 Å². The smallest absolute Gasteiger partial charge is 0.256 e. The molecule has 0 atom stereocenters. The molecule has 0 radical (unpaired) electrons. The average Bonchev–Trinajstić information content (AvgIpc) is 2.92. The molecule has 0 aliphatic rings. The Bertz CT molecular complexity index is 921. The van der Waals surface area contributed by atoms with Gasteiger partial charge in [0.05, 0.1) is 16.9 Å². The van der Waals surface area contributed by atoms with E-state index >= 15 is 0 Å². The van der Waals surface area contributed by atoms with Crippen LogP contribution in [0.3, 0.4) is 0 Å². The highest BCUT2D eigenvalue weighted by molar-refractivity contribution is 6.33. The van der Waals surface area contributed by atoms with Crippen molar-refractivity contribution in [2.75, 3.05) is 6.54 Å². The molecular weight excluding hydrogens is 376 g/mol. The van der Waals surface area contributed by atoms with Gasteiger partial charge < -0.3 is 5.32 Å². The highest BCUT2D eigenvalue weighted by Gasteiger charge is 2.20. The van der Waals surface area contributed by atoms with E-state index < -0.39 is 0 Å². The molecule has 3 rings (SSSR count). The van der Waals surface area contributed by atoms with E-state index in [4.69, 9.17) is 23.2 Å². The van der Waals surface area contributed by atoms with Crippen molar-refractivity contribution in [1.29, 1.82) is 0 Å². The highest BCUT2D eigenvalue weighted by Crippen LogP contribution is 2.23. The first-order chi connectivity index (χ1) is 12.5. The SMILES string of the molecule is Cc1nn(-c2ccc(F)cc2)c(Cl)c1C(=O)NCCc1ccc(Cl)cc1. The Labute approximate surface area is 160 Å². The monoisotopic (exact) mass is 391 g/mol. The van der Waals surface area contributed by atoms with Crippen molar-refractivity contribution in [1.82, 2.24) is 15.1 Å². The molecule has 0 unspecified atom stereocenters. The molecule has 1 aromatic heterocycles. The first-order valence-corrected chi connectivity index (χ1v) is 8.75.